The minimum absolute atomic E-state index is 0.293. The third-order valence-electron chi connectivity index (χ3n) is 4.38. The zero-order chi connectivity index (χ0) is 12.4. The van der Waals surface area contributed by atoms with Crippen molar-refractivity contribution in [2.45, 2.75) is 51.0 Å². The first-order valence-corrected chi connectivity index (χ1v) is 7.26. The molecule has 1 aromatic carbocycles. The van der Waals surface area contributed by atoms with Crippen LogP contribution in [-0.2, 0) is 6.42 Å². The van der Waals surface area contributed by atoms with E-state index >= 15 is 0 Å². The van der Waals surface area contributed by atoms with Gasteiger partial charge in [-0.3, -0.25) is 0 Å². The van der Waals surface area contributed by atoms with Gasteiger partial charge in [0.05, 0.1) is 12.7 Å². The maximum atomic E-state index is 10.4. The Morgan fingerprint density at radius 3 is 2.89 bits per heavy atom. The van der Waals surface area contributed by atoms with Crippen molar-refractivity contribution in [1.82, 2.24) is 0 Å². The van der Waals surface area contributed by atoms with Crippen LogP contribution in [0.5, 0.6) is 5.75 Å². The third-order valence-corrected chi connectivity index (χ3v) is 4.38. The highest BCUT2D eigenvalue weighted by molar-refractivity contribution is 5.40. The zero-order valence-electron chi connectivity index (χ0n) is 10.9. The lowest BCUT2D eigenvalue weighted by Gasteiger charge is -2.24. The van der Waals surface area contributed by atoms with Gasteiger partial charge in [-0.15, -0.1) is 0 Å². The predicted molar refractivity (Wildman–Crippen MR) is 71.8 cm³/mol. The van der Waals surface area contributed by atoms with Crippen molar-refractivity contribution in [1.29, 1.82) is 0 Å². The van der Waals surface area contributed by atoms with E-state index in [-0.39, 0.29) is 6.10 Å². The summed E-state index contributed by atoms with van der Waals surface area (Å²) in [6.45, 7) is 0.789. The maximum absolute atomic E-state index is 10.4. The minimum Gasteiger partial charge on any atom is -0.493 e. The van der Waals surface area contributed by atoms with Crippen molar-refractivity contribution >= 4 is 0 Å². The number of hydrogen-bond acceptors (Lipinski definition) is 2. The summed E-state index contributed by atoms with van der Waals surface area (Å²) in [6.07, 6.45) is 8.28. The van der Waals surface area contributed by atoms with E-state index in [0.717, 1.165) is 36.7 Å². The predicted octanol–water partition coefficient (Wildman–Crippen LogP) is 3.63. The van der Waals surface area contributed by atoms with Crippen molar-refractivity contribution in [2.24, 2.45) is 5.92 Å². The van der Waals surface area contributed by atoms with E-state index in [2.05, 4.69) is 6.07 Å². The molecule has 1 unspecified atom stereocenters. The summed E-state index contributed by atoms with van der Waals surface area (Å²) < 4.78 is 5.50. The standard InChI is InChI=1S/C16H22O2/c17-15(10-12-4-2-1-3-5-12)13-6-7-16-14(11-13)8-9-18-16/h6-7,11-12,15,17H,1-5,8-10H2. The smallest absolute Gasteiger partial charge is 0.122 e. The van der Waals surface area contributed by atoms with Gasteiger partial charge in [0, 0.05) is 6.42 Å². The van der Waals surface area contributed by atoms with Crippen LogP contribution in [0.1, 0.15) is 55.8 Å². The summed E-state index contributed by atoms with van der Waals surface area (Å²) in [6, 6.07) is 6.18. The molecule has 1 N–H and O–H groups in total. The number of aliphatic hydroxyl groups excluding tert-OH is 1. The van der Waals surface area contributed by atoms with E-state index in [9.17, 15) is 5.11 Å². The van der Waals surface area contributed by atoms with Gasteiger partial charge in [0.15, 0.2) is 0 Å². The lowest BCUT2D eigenvalue weighted by Crippen LogP contribution is -2.11. The van der Waals surface area contributed by atoms with E-state index in [4.69, 9.17) is 4.74 Å². The fraction of sp³-hybridized carbons (Fsp3) is 0.625. The number of benzene rings is 1. The third kappa shape index (κ3) is 2.54. The Balaban J connectivity index is 1.66. The Morgan fingerprint density at radius 1 is 1.22 bits per heavy atom. The van der Waals surface area contributed by atoms with E-state index < -0.39 is 0 Å². The lowest BCUT2D eigenvalue weighted by atomic mass is 9.84. The molecule has 1 aromatic rings. The van der Waals surface area contributed by atoms with E-state index in [1.807, 2.05) is 12.1 Å². The van der Waals surface area contributed by atoms with Gasteiger partial charge < -0.3 is 9.84 Å². The molecule has 0 radical (unpaired) electrons. The van der Waals surface area contributed by atoms with Crippen LogP contribution >= 0.6 is 0 Å². The van der Waals surface area contributed by atoms with Gasteiger partial charge in [0.1, 0.15) is 5.75 Å². The lowest BCUT2D eigenvalue weighted by molar-refractivity contribution is 0.131. The maximum Gasteiger partial charge on any atom is 0.122 e. The second-order valence-corrected chi connectivity index (χ2v) is 5.72. The summed E-state index contributed by atoms with van der Waals surface area (Å²) in [4.78, 5) is 0. The molecule has 1 atom stereocenters. The minimum atomic E-state index is -0.293. The highest BCUT2D eigenvalue weighted by atomic mass is 16.5. The van der Waals surface area contributed by atoms with Crippen molar-refractivity contribution in [2.75, 3.05) is 6.61 Å². The summed E-state index contributed by atoms with van der Waals surface area (Å²) in [7, 11) is 0. The number of hydrogen-bond donors (Lipinski definition) is 1. The molecule has 0 aromatic heterocycles. The molecule has 0 saturated heterocycles. The Bertz CT molecular complexity index is 408. The summed E-state index contributed by atoms with van der Waals surface area (Å²) >= 11 is 0. The molecule has 3 rings (SSSR count). The first-order valence-electron chi connectivity index (χ1n) is 7.26. The topological polar surface area (TPSA) is 29.5 Å². The Morgan fingerprint density at radius 2 is 2.06 bits per heavy atom. The number of aliphatic hydroxyl groups is 1. The number of ether oxygens (including phenoxy) is 1. The largest absolute Gasteiger partial charge is 0.493 e. The average molecular weight is 246 g/mol. The molecule has 1 heterocycles. The van der Waals surface area contributed by atoms with Crippen molar-refractivity contribution in [3.63, 3.8) is 0 Å². The van der Waals surface area contributed by atoms with Crippen LogP contribution < -0.4 is 4.74 Å². The van der Waals surface area contributed by atoms with Crippen molar-refractivity contribution in [3.8, 4) is 5.75 Å². The van der Waals surface area contributed by atoms with Gasteiger partial charge in [0.2, 0.25) is 0 Å². The summed E-state index contributed by atoms with van der Waals surface area (Å²) in [5, 5.41) is 10.4. The molecule has 1 aliphatic heterocycles. The first-order chi connectivity index (χ1) is 8.83. The SMILES string of the molecule is OC(CC1CCCCC1)c1ccc2c(c1)CCO2. The van der Waals surface area contributed by atoms with E-state index in [1.54, 1.807) is 0 Å². The molecule has 1 fully saturated rings. The average Bonchev–Trinajstić information content (AvgIpc) is 2.87. The molecule has 98 valence electrons. The molecule has 18 heavy (non-hydrogen) atoms. The molecule has 1 saturated carbocycles. The molecule has 2 nitrogen and oxygen atoms in total. The molecule has 0 spiro atoms. The molecule has 2 heteroatoms. The first kappa shape index (κ1) is 12.0. The van der Waals surface area contributed by atoms with Gasteiger partial charge in [0.25, 0.3) is 0 Å². The van der Waals surface area contributed by atoms with Gasteiger partial charge in [-0.25, -0.2) is 0 Å². The molecule has 0 amide bonds. The van der Waals surface area contributed by atoms with Gasteiger partial charge in [-0.2, -0.15) is 0 Å². The van der Waals surface area contributed by atoms with Crippen molar-refractivity contribution in [3.05, 3.63) is 29.3 Å². The molecular formula is C16H22O2. The van der Waals surface area contributed by atoms with E-state index in [1.165, 1.54) is 37.7 Å². The fourth-order valence-electron chi connectivity index (χ4n) is 3.29. The number of fused-ring (bicyclic) bond motifs is 1. The molecule has 2 aliphatic rings. The van der Waals surface area contributed by atoms with Crippen LogP contribution in [0, 0.1) is 5.92 Å². The Kier molecular flexibility index (Phi) is 3.55. The fourth-order valence-corrected chi connectivity index (χ4v) is 3.29. The second kappa shape index (κ2) is 5.31. The van der Waals surface area contributed by atoms with Gasteiger partial charge >= 0.3 is 0 Å². The number of rotatable bonds is 3. The van der Waals surface area contributed by atoms with Crippen molar-refractivity contribution < 1.29 is 9.84 Å². The van der Waals surface area contributed by atoms with E-state index in [0.29, 0.717) is 0 Å². The molecular weight excluding hydrogens is 224 g/mol. The normalized spacial score (nSPS) is 21.4. The van der Waals surface area contributed by atoms with Gasteiger partial charge in [-0.1, -0.05) is 38.2 Å². The zero-order valence-corrected chi connectivity index (χ0v) is 10.9. The Labute approximate surface area is 109 Å². The Hall–Kier alpha value is -1.02. The second-order valence-electron chi connectivity index (χ2n) is 5.72. The van der Waals surface area contributed by atoms with Crippen LogP contribution in [0.2, 0.25) is 0 Å². The monoisotopic (exact) mass is 246 g/mol. The van der Waals surface area contributed by atoms with Crippen LogP contribution in [0.3, 0.4) is 0 Å². The molecule has 1 aliphatic carbocycles. The van der Waals surface area contributed by atoms with Crippen LogP contribution in [0.15, 0.2) is 18.2 Å². The van der Waals surface area contributed by atoms with Crippen LogP contribution in [-0.4, -0.2) is 11.7 Å². The molecule has 0 bridgehead atoms. The van der Waals surface area contributed by atoms with Gasteiger partial charge in [-0.05, 0) is 35.6 Å². The summed E-state index contributed by atoms with van der Waals surface area (Å²) in [5.41, 5.74) is 2.33. The van der Waals surface area contributed by atoms with Crippen LogP contribution in [0.25, 0.3) is 0 Å². The highest BCUT2D eigenvalue weighted by Gasteiger charge is 2.20. The quantitative estimate of drug-likeness (QED) is 0.882. The highest BCUT2D eigenvalue weighted by Crippen LogP contribution is 2.34. The van der Waals surface area contributed by atoms with Crippen LogP contribution in [0.4, 0.5) is 0 Å². The summed E-state index contributed by atoms with van der Waals surface area (Å²) in [5.74, 6) is 1.72.